The number of nitrogen functional groups attached to an aromatic ring is 1. The normalized spacial score (nSPS) is 9.69. The van der Waals surface area contributed by atoms with Crippen LogP contribution in [-0.2, 0) is 0 Å². The van der Waals surface area contributed by atoms with Crippen LogP contribution >= 0.6 is 11.8 Å². The summed E-state index contributed by atoms with van der Waals surface area (Å²) in [5.74, 6) is -0.0659. The fourth-order valence-corrected chi connectivity index (χ4v) is 1.13. The van der Waals surface area contributed by atoms with Crippen LogP contribution in [0.4, 0.5) is 5.82 Å². The molecule has 0 radical (unpaired) electrons. The van der Waals surface area contributed by atoms with Gasteiger partial charge in [0.1, 0.15) is 5.82 Å². The summed E-state index contributed by atoms with van der Waals surface area (Å²) >= 11 is 1.38. The van der Waals surface area contributed by atoms with E-state index < -0.39 is 0 Å². The largest absolute Gasteiger partial charge is 0.383 e. The fourth-order valence-electron chi connectivity index (χ4n) is 0.786. The van der Waals surface area contributed by atoms with E-state index in [2.05, 4.69) is 15.3 Å². The molecule has 1 amide bonds. The molecule has 0 saturated carbocycles. The van der Waals surface area contributed by atoms with Gasteiger partial charge in [-0.05, 0) is 6.26 Å². The molecule has 0 unspecified atom stereocenters. The Balaban J connectivity index is 3.05. The fraction of sp³-hybridized carbons (Fsp3) is 0.286. The standard InChI is InChI=1S/C7H10N4OS/c1-9-6(12)4-3-10-7(13-2)11-5(4)8/h3H,1-2H3,(H,9,12)(H2,8,10,11). The average Bonchev–Trinajstić information content (AvgIpc) is 2.16. The van der Waals surface area contributed by atoms with Crippen molar-refractivity contribution in [1.82, 2.24) is 15.3 Å². The van der Waals surface area contributed by atoms with E-state index in [1.54, 1.807) is 0 Å². The van der Waals surface area contributed by atoms with Crippen molar-refractivity contribution in [2.24, 2.45) is 0 Å². The number of aromatic nitrogens is 2. The summed E-state index contributed by atoms with van der Waals surface area (Å²) in [6, 6.07) is 0. The minimum atomic E-state index is -0.273. The topological polar surface area (TPSA) is 80.9 Å². The lowest BCUT2D eigenvalue weighted by atomic mass is 10.3. The van der Waals surface area contributed by atoms with Crippen LogP contribution in [0.5, 0.6) is 0 Å². The Labute approximate surface area is 80.1 Å². The van der Waals surface area contributed by atoms with Crippen LogP contribution in [-0.4, -0.2) is 29.2 Å². The zero-order valence-corrected chi connectivity index (χ0v) is 8.18. The van der Waals surface area contributed by atoms with Gasteiger partial charge in [-0.25, -0.2) is 9.97 Å². The second-order valence-corrected chi connectivity index (χ2v) is 3.01. The number of anilines is 1. The maximum Gasteiger partial charge on any atom is 0.256 e. The van der Waals surface area contributed by atoms with Crippen LogP contribution in [0.15, 0.2) is 11.4 Å². The van der Waals surface area contributed by atoms with Crippen LogP contribution < -0.4 is 11.1 Å². The highest BCUT2D eigenvalue weighted by Crippen LogP contribution is 2.12. The zero-order chi connectivity index (χ0) is 9.84. The molecule has 0 aliphatic carbocycles. The van der Waals surface area contributed by atoms with Gasteiger partial charge in [0.15, 0.2) is 5.16 Å². The first-order valence-corrected chi connectivity index (χ1v) is 4.80. The summed E-state index contributed by atoms with van der Waals surface area (Å²) in [5, 5.41) is 3.01. The highest BCUT2D eigenvalue weighted by atomic mass is 32.2. The van der Waals surface area contributed by atoms with Gasteiger partial charge in [-0.15, -0.1) is 0 Å². The van der Waals surface area contributed by atoms with E-state index in [1.165, 1.54) is 25.0 Å². The molecule has 0 bridgehead atoms. The number of amides is 1. The SMILES string of the molecule is CNC(=O)c1cnc(SC)nc1N. The number of carbonyl (C=O) groups excluding carboxylic acids is 1. The van der Waals surface area contributed by atoms with E-state index in [4.69, 9.17) is 5.73 Å². The van der Waals surface area contributed by atoms with Crippen molar-refractivity contribution in [1.29, 1.82) is 0 Å². The molecule has 0 aromatic carbocycles. The van der Waals surface area contributed by atoms with Crippen molar-refractivity contribution in [3.8, 4) is 0 Å². The number of hydrogen-bond acceptors (Lipinski definition) is 5. The molecule has 13 heavy (non-hydrogen) atoms. The molecule has 1 rings (SSSR count). The van der Waals surface area contributed by atoms with Crippen molar-refractivity contribution in [2.75, 3.05) is 19.0 Å². The first-order valence-electron chi connectivity index (χ1n) is 3.57. The molecule has 0 saturated heterocycles. The molecule has 0 aliphatic rings. The highest BCUT2D eigenvalue weighted by molar-refractivity contribution is 7.98. The Bertz CT molecular complexity index is 328. The third-order valence-corrected chi connectivity index (χ3v) is 2.01. The van der Waals surface area contributed by atoms with Crippen molar-refractivity contribution in [3.05, 3.63) is 11.8 Å². The Hall–Kier alpha value is -1.30. The van der Waals surface area contributed by atoms with E-state index in [9.17, 15) is 4.79 Å². The summed E-state index contributed by atoms with van der Waals surface area (Å²) in [5.41, 5.74) is 5.85. The lowest BCUT2D eigenvalue weighted by Gasteiger charge is -2.03. The van der Waals surface area contributed by atoms with E-state index in [1.807, 2.05) is 6.26 Å². The Morgan fingerprint density at radius 3 is 2.85 bits per heavy atom. The van der Waals surface area contributed by atoms with Gasteiger partial charge in [0.25, 0.3) is 5.91 Å². The first-order chi connectivity index (χ1) is 6.19. The lowest BCUT2D eigenvalue weighted by molar-refractivity contribution is 0.0963. The lowest BCUT2D eigenvalue weighted by Crippen LogP contribution is -2.20. The number of carbonyl (C=O) groups is 1. The van der Waals surface area contributed by atoms with Gasteiger partial charge >= 0.3 is 0 Å². The Morgan fingerprint density at radius 1 is 1.69 bits per heavy atom. The van der Waals surface area contributed by atoms with Gasteiger partial charge in [0, 0.05) is 13.2 Å². The molecule has 1 heterocycles. The minimum absolute atomic E-state index is 0.207. The Kier molecular flexibility index (Phi) is 3.07. The first kappa shape index (κ1) is 9.79. The van der Waals surface area contributed by atoms with Crippen LogP contribution in [0.1, 0.15) is 10.4 Å². The smallest absolute Gasteiger partial charge is 0.256 e. The van der Waals surface area contributed by atoms with Crippen molar-refractivity contribution in [2.45, 2.75) is 5.16 Å². The molecule has 0 fully saturated rings. The second-order valence-electron chi connectivity index (χ2n) is 2.23. The zero-order valence-electron chi connectivity index (χ0n) is 7.37. The molecule has 1 aromatic rings. The maximum atomic E-state index is 11.2. The van der Waals surface area contributed by atoms with Crippen LogP contribution in [0, 0.1) is 0 Å². The molecule has 1 aromatic heterocycles. The number of rotatable bonds is 2. The molecular weight excluding hydrogens is 188 g/mol. The van der Waals surface area contributed by atoms with Gasteiger partial charge in [0.05, 0.1) is 5.56 Å². The summed E-state index contributed by atoms with van der Waals surface area (Å²) in [6.07, 6.45) is 3.27. The molecular formula is C7H10N4OS. The summed E-state index contributed by atoms with van der Waals surface area (Å²) in [4.78, 5) is 19.0. The molecule has 0 atom stereocenters. The van der Waals surface area contributed by atoms with Gasteiger partial charge in [-0.3, -0.25) is 4.79 Å². The predicted molar refractivity (Wildman–Crippen MR) is 51.6 cm³/mol. The third-order valence-electron chi connectivity index (χ3n) is 1.45. The van der Waals surface area contributed by atoms with E-state index in [0.29, 0.717) is 10.7 Å². The number of thioether (sulfide) groups is 1. The summed E-state index contributed by atoms with van der Waals surface area (Å²) in [6.45, 7) is 0. The van der Waals surface area contributed by atoms with Gasteiger partial charge in [-0.2, -0.15) is 0 Å². The highest BCUT2D eigenvalue weighted by Gasteiger charge is 2.09. The average molecular weight is 198 g/mol. The van der Waals surface area contributed by atoms with Crippen LogP contribution in [0.25, 0.3) is 0 Å². The van der Waals surface area contributed by atoms with Crippen LogP contribution in [0.2, 0.25) is 0 Å². The second kappa shape index (κ2) is 4.08. The number of nitrogens with zero attached hydrogens (tertiary/aromatic N) is 2. The molecule has 3 N–H and O–H groups in total. The van der Waals surface area contributed by atoms with E-state index in [0.717, 1.165) is 0 Å². The summed E-state index contributed by atoms with van der Waals surface area (Å²) < 4.78 is 0. The van der Waals surface area contributed by atoms with Gasteiger partial charge < -0.3 is 11.1 Å². The number of hydrogen-bond donors (Lipinski definition) is 2. The molecule has 0 spiro atoms. The third kappa shape index (κ3) is 2.09. The van der Waals surface area contributed by atoms with E-state index >= 15 is 0 Å². The summed E-state index contributed by atoms with van der Waals surface area (Å²) in [7, 11) is 1.53. The van der Waals surface area contributed by atoms with Crippen LogP contribution in [0.3, 0.4) is 0 Å². The minimum Gasteiger partial charge on any atom is -0.383 e. The monoisotopic (exact) mass is 198 g/mol. The molecule has 70 valence electrons. The maximum absolute atomic E-state index is 11.2. The van der Waals surface area contributed by atoms with Gasteiger partial charge in [0.2, 0.25) is 0 Å². The quantitative estimate of drug-likeness (QED) is 0.522. The predicted octanol–water partition coefficient (Wildman–Crippen LogP) is 0.140. The van der Waals surface area contributed by atoms with E-state index in [-0.39, 0.29) is 11.7 Å². The molecule has 5 nitrogen and oxygen atoms in total. The van der Waals surface area contributed by atoms with Gasteiger partial charge in [-0.1, -0.05) is 11.8 Å². The van der Waals surface area contributed by atoms with Crippen molar-refractivity contribution in [3.63, 3.8) is 0 Å². The Morgan fingerprint density at radius 2 is 2.38 bits per heavy atom. The van der Waals surface area contributed by atoms with Crippen molar-refractivity contribution >= 4 is 23.5 Å². The molecule has 6 heteroatoms. The molecule has 0 aliphatic heterocycles. The number of nitrogens with one attached hydrogen (secondary N) is 1. The number of nitrogens with two attached hydrogens (primary N) is 1. The van der Waals surface area contributed by atoms with Crippen molar-refractivity contribution < 1.29 is 4.79 Å².